The second kappa shape index (κ2) is 4.95. The first kappa shape index (κ1) is 12.2. The van der Waals surface area contributed by atoms with Gasteiger partial charge in [-0.2, -0.15) is 5.10 Å². The van der Waals surface area contributed by atoms with Crippen molar-refractivity contribution in [1.29, 1.82) is 0 Å². The number of ether oxygens (including phenoxy) is 1. The Kier molecular flexibility index (Phi) is 3.36. The van der Waals surface area contributed by atoms with E-state index in [-0.39, 0.29) is 5.69 Å². The Morgan fingerprint density at radius 3 is 2.67 bits per heavy atom. The highest BCUT2D eigenvalue weighted by Gasteiger charge is 2.23. The van der Waals surface area contributed by atoms with Crippen LogP contribution in [0.3, 0.4) is 0 Å². The van der Waals surface area contributed by atoms with Gasteiger partial charge in [0.1, 0.15) is 0 Å². The lowest BCUT2D eigenvalue weighted by atomic mass is 10.1. The van der Waals surface area contributed by atoms with Gasteiger partial charge in [0.2, 0.25) is 0 Å². The number of aryl methyl sites for hydroxylation is 1. The predicted octanol–water partition coefficient (Wildman–Crippen LogP) is 1.36. The number of hydrogen-bond donors (Lipinski definition) is 0. The van der Waals surface area contributed by atoms with Crippen LogP contribution in [0, 0.1) is 6.92 Å². The van der Waals surface area contributed by atoms with Crippen molar-refractivity contribution in [2.75, 3.05) is 6.61 Å². The Balaban J connectivity index is 2.55. The van der Waals surface area contributed by atoms with Gasteiger partial charge in [-0.15, -0.1) is 0 Å². The van der Waals surface area contributed by atoms with Crippen molar-refractivity contribution in [3.63, 3.8) is 0 Å². The molecule has 2 aromatic heterocycles. The summed E-state index contributed by atoms with van der Waals surface area (Å²) in [6.07, 6.45) is 3.26. The second-order valence-electron chi connectivity index (χ2n) is 3.73. The topological polar surface area (TPSA) is 69.9 Å². The van der Waals surface area contributed by atoms with Crippen LogP contribution in [0.25, 0.3) is 11.4 Å². The maximum Gasteiger partial charge on any atom is 0.359 e. The van der Waals surface area contributed by atoms with Crippen LogP contribution >= 0.6 is 0 Å². The molecule has 0 saturated carbocycles. The fourth-order valence-electron chi connectivity index (χ4n) is 1.65. The first-order valence-corrected chi connectivity index (χ1v) is 5.63. The first-order chi connectivity index (χ1) is 8.65. The van der Waals surface area contributed by atoms with Crippen molar-refractivity contribution in [2.45, 2.75) is 13.8 Å². The maximum absolute atomic E-state index is 11.9. The van der Waals surface area contributed by atoms with E-state index in [1.54, 1.807) is 37.1 Å². The molecule has 0 aliphatic rings. The van der Waals surface area contributed by atoms with Crippen LogP contribution in [-0.2, 0) is 11.8 Å². The Morgan fingerprint density at radius 2 is 2.06 bits per heavy atom. The minimum atomic E-state index is -0.455. The predicted molar refractivity (Wildman–Crippen MR) is 64.9 cm³/mol. The fraction of sp³-hybridized carbons (Fsp3) is 0.333. The molecule has 6 heteroatoms. The number of aromatic nitrogens is 4. The van der Waals surface area contributed by atoms with E-state index in [0.29, 0.717) is 18.0 Å². The molecule has 0 radical (unpaired) electrons. The van der Waals surface area contributed by atoms with Gasteiger partial charge in [-0.25, -0.2) is 14.8 Å². The molecule has 0 aliphatic carbocycles. The van der Waals surface area contributed by atoms with E-state index in [4.69, 9.17) is 4.74 Å². The molecular weight excluding hydrogens is 232 g/mol. The number of hydrogen-bond acceptors (Lipinski definition) is 5. The lowest BCUT2D eigenvalue weighted by Crippen LogP contribution is -2.08. The molecule has 0 fully saturated rings. The molecule has 0 aliphatic heterocycles. The summed E-state index contributed by atoms with van der Waals surface area (Å²) in [5.74, 6) is 0.0230. The van der Waals surface area contributed by atoms with Crippen LogP contribution in [0.2, 0.25) is 0 Å². The van der Waals surface area contributed by atoms with E-state index >= 15 is 0 Å². The van der Waals surface area contributed by atoms with Crippen molar-refractivity contribution in [3.05, 3.63) is 29.8 Å². The van der Waals surface area contributed by atoms with Crippen LogP contribution < -0.4 is 0 Å². The van der Waals surface area contributed by atoms with Gasteiger partial charge in [-0.1, -0.05) is 0 Å². The Bertz CT molecular complexity index is 563. The summed E-state index contributed by atoms with van der Waals surface area (Å²) in [6.45, 7) is 3.93. The maximum atomic E-state index is 11.9. The van der Waals surface area contributed by atoms with Crippen LogP contribution in [0.15, 0.2) is 18.5 Å². The largest absolute Gasteiger partial charge is 0.461 e. The zero-order valence-corrected chi connectivity index (χ0v) is 10.5. The van der Waals surface area contributed by atoms with E-state index in [9.17, 15) is 4.79 Å². The Labute approximate surface area is 105 Å². The standard InChI is InChI=1S/C12H14N4O2/c1-4-18-12(17)10-9(8(2)16(3)15-10)11-13-6-5-7-14-11/h5-7H,4H2,1-3H3. The summed E-state index contributed by atoms with van der Waals surface area (Å²) in [5, 5.41) is 4.17. The van der Waals surface area contributed by atoms with Gasteiger partial charge in [0.15, 0.2) is 11.5 Å². The SMILES string of the molecule is CCOC(=O)c1nn(C)c(C)c1-c1ncccn1. The second-order valence-corrected chi connectivity index (χ2v) is 3.73. The molecule has 0 amide bonds. The van der Waals surface area contributed by atoms with E-state index in [2.05, 4.69) is 15.1 Å². The summed E-state index contributed by atoms with van der Waals surface area (Å²) in [7, 11) is 1.77. The van der Waals surface area contributed by atoms with Crippen molar-refractivity contribution in [1.82, 2.24) is 19.7 Å². The third kappa shape index (κ3) is 2.09. The lowest BCUT2D eigenvalue weighted by Gasteiger charge is -2.02. The van der Waals surface area contributed by atoms with Gasteiger partial charge in [-0.05, 0) is 19.9 Å². The van der Waals surface area contributed by atoms with Crippen molar-refractivity contribution in [3.8, 4) is 11.4 Å². The number of rotatable bonds is 3. The molecule has 0 aromatic carbocycles. The molecule has 6 nitrogen and oxygen atoms in total. The third-order valence-corrected chi connectivity index (χ3v) is 2.59. The van der Waals surface area contributed by atoms with Gasteiger partial charge >= 0.3 is 5.97 Å². The zero-order chi connectivity index (χ0) is 13.1. The summed E-state index contributed by atoms with van der Waals surface area (Å²) in [5.41, 5.74) is 1.70. The Morgan fingerprint density at radius 1 is 1.39 bits per heavy atom. The molecule has 0 saturated heterocycles. The molecule has 0 unspecified atom stereocenters. The third-order valence-electron chi connectivity index (χ3n) is 2.59. The number of carbonyl (C=O) groups excluding carboxylic acids is 1. The van der Waals surface area contributed by atoms with Crippen molar-refractivity contribution in [2.24, 2.45) is 7.05 Å². The minimum Gasteiger partial charge on any atom is -0.461 e. The van der Waals surface area contributed by atoms with Crippen molar-refractivity contribution >= 4 is 5.97 Å². The molecule has 2 aromatic rings. The van der Waals surface area contributed by atoms with E-state index < -0.39 is 5.97 Å². The van der Waals surface area contributed by atoms with Crippen LogP contribution in [0.5, 0.6) is 0 Å². The molecule has 0 N–H and O–H groups in total. The highest BCUT2D eigenvalue weighted by molar-refractivity contribution is 5.95. The van der Waals surface area contributed by atoms with E-state index in [1.807, 2.05) is 6.92 Å². The molecular formula is C12H14N4O2. The van der Waals surface area contributed by atoms with E-state index in [0.717, 1.165) is 5.69 Å². The summed E-state index contributed by atoms with van der Waals surface area (Å²) < 4.78 is 6.61. The Hall–Kier alpha value is -2.24. The molecule has 0 atom stereocenters. The van der Waals surface area contributed by atoms with Gasteiger partial charge in [-0.3, -0.25) is 4.68 Å². The zero-order valence-electron chi connectivity index (χ0n) is 10.5. The summed E-state index contributed by atoms with van der Waals surface area (Å²) in [4.78, 5) is 20.2. The highest BCUT2D eigenvalue weighted by atomic mass is 16.5. The summed E-state index contributed by atoms with van der Waals surface area (Å²) >= 11 is 0. The van der Waals surface area contributed by atoms with E-state index in [1.165, 1.54) is 0 Å². The molecule has 94 valence electrons. The van der Waals surface area contributed by atoms with Crippen LogP contribution in [0.4, 0.5) is 0 Å². The first-order valence-electron chi connectivity index (χ1n) is 5.63. The van der Waals surface area contributed by atoms with Gasteiger partial charge < -0.3 is 4.74 Å². The summed E-state index contributed by atoms with van der Waals surface area (Å²) in [6, 6.07) is 1.72. The molecule has 0 spiro atoms. The fourth-order valence-corrected chi connectivity index (χ4v) is 1.65. The normalized spacial score (nSPS) is 10.4. The van der Waals surface area contributed by atoms with Crippen LogP contribution in [-0.4, -0.2) is 32.3 Å². The molecule has 0 bridgehead atoms. The molecule has 2 heterocycles. The van der Waals surface area contributed by atoms with Gasteiger partial charge in [0, 0.05) is 25.1 Å². The molecule has 2 rings (SSSR count). The minimum absolute atomic E-state index is 0.253. The number of nitrogens with zero attached hydrogens (tertiary/aromatic N) is 4. The average Bonchev–Trinajstić information content (AvgIpc) is 2.67. The number of esters is 1. The quantitative estimate of drug-likeness (QED) is 0.765. The van der Waals surface area contributed by atoms with Gasteiger partial charge in [0.25, 0.3) is 0 Å². The number of carbonyl (C=O) groups is 1. The van der Waals surface area contributed by atoms with Crippen molar-refractivity contribution < 1.29 is 9.53 Å². The van der Waals surface area contributed by atoms with Gasteiger partial charge in [0.05, 0.1) is 12.2 Å². The highest BCUT2D eigenvalue weighted by Crippen LogP contribution is 2.23. The monoisotopic (exact) mass is 246 g/mol. The molecule has 18 heavy (non-hydrogen) atoms. The van der Waals surface area contributed by atoms with Crippen LogP contribution in [0.1, 0.15) is 23.1 Å². The average molecular weight is 246 g/mol. The lowest BCUT2D eigenvalue weighted by molar-refractivity contribution is 0.0519. The smallest absolute Gasteiger partial charge is 0.359 e.